The van der Waals surface area contributed by atoms with E-state index in [0.717, 1.165) is 35.6 Å². The first-order valence-electron chi connectivity index (χ1n) is 8.08. The molecule has 0 saturated carbocycles. The minimum absolute atomic E-state index is 0.0422. The maximum absolute atomic E-state index is 12.2. The third-order valence-electron chi connectivity index (χ3n) is 4.46. The van der Waals surface area contributed by atoms with E-state index in [1.165, 1.54) is 17.5 Å². The Hall–Kier alpha value is -2.49. The number of aryl methyl sites for hydroxylation is 3. The molecule has 4 nitrogen and oxygen atoms in total. The monoisotopic (exact) mass is 309 g/mol. The molecule has 0 radical (unpaired) electrons. The molecule has 1 aliphatic heterocycles. The Balaban J connectivity index is 1.35. The van der Waals surface area contributed by atoms with Gasteiger partial charge in [-0.3, -0.25) is 4.79 Å². The first kappa shape index (κ1) is 14.1. The van der Waals surface area contributed by atoms with Crippen molar-refractivity contribution >= 4 is 11.6 Å². The number of nitrogens with one attached hydrogen (secondary N) is 1. The van der Waals surface area contributed by atoms with Crippen LogP contribution in [0, 0.1) is 0 Å². The molecule has 1 amide bonds. The van der Waals surface area contributed by atoms with Gasteiger partial charge in [0.1, 0.15) is 0 Å². The van der Waals surface area contributed by atoms with E-state index in [4.69, 9.17) is 9.47 Å². The van der Waals surface area contributed by atoms with E-state index in [-0.39, 0.29) is 12.7 Å². The second-order valence-electron chi connectivity index (χ2n) is 6.07. The smallest absolute Gasteiger partial charge is 0.231 e. The predicted octanol–water partition coefficient (Wildman–Crippen LogP) is 3.48. The van der Waals surface area contributed by atoms with Crippen molar-refractivity contribution in [2.24, 2.45) is 0 Å². The Morgan fingerprint density at radius 2 is 1.87 bits per heavy atom. The van der Waals surface area contributed by atoms with Crippen LogP contribution in [-0.4, -0.2) is 12.7 Å². The summed E-state index contributed by atoms with van der Waals surface area (Å²) in [5.74, 6) is 1.58. The van der Waals surface area contributed by atoms with Crippen molar-refractivity contribution in [2.75, 3.05) is 12.1 Å². The average Bonchev–Trinajstić information content (AvgIpc) is 3.20. The van der Waals surface area contributed by atoms with Gasteiger partial charge in [-0.2, -0.15) is 0 Å². The van der Waals surface area contributed by atoms with Crippen LogP contribution in [0.4, 0.5) is 5.69 Å². The molecule has 4 rings (SSSR count). The lowest BCUT2D eigenvalue weighted by atomic mass is 10.1. The minimum Gasteiger partial charge on any atom is -0.454 e. The zero-order chi connectivity index (χ0) is 15.6. The molecule has 2 aliphatic rings. The van der Waals surface area contributed by atoms with E-state index in [0.29, 0.717) is 12.8 Å². The Labute approximate surface area is 135 Å². The third-order valence-corrected chi connectivity index (χ3v) is 4.46. The van der Waals surface area contributed by atoms with Gasteiger partial charge >= 0.3 is 0 Å². The van der Waals surface area contributed by atoms with Crippen LogP contribution >= 0.6 is 0 Å². The van der Waals surface area contributed by atoms with E-state index in [1.807, 2.05) is 24.3 Å². The SMILES string of the molecule is O=C(CCc1ccc2c(c1)OCO2)Nc1ccc2c(c1)CCC2. The fourth-order valence-electron chi connectivity index (χ4n) is 3.23. The number of carbonyl (C=O) groups is 1. The summed E-state index contributed by atoms with van der Waals surface area (Å²) >= 11 is 0. The molecule has 4 heteroatoms. The predicted molar refractivity (Wildman–Crippen MR) is 88.0 cm³/mol. The van der Waals surface area contributed by atoms with Crippen molar-refractivity contribution in [3.8, 4) is 11.5 Å². The molecule has 0 unspecified atom stereocenters. The van der Waals surface area contributed by atoms with Gasteiger partial charge in [0.2, 0.25) is 12.7 Å². The number of benzene rings is 2. The van der Waals surface area contributed by atoms with E-state index in [2.05, 4.69) is 17.4 Å². The van der Waals surface area contributed by atoms with Crippen LogP contribution in [0.5, 0.6) is 11.5 Å². The van der Waals surface area contributed by atoms with Crippen molar-refractivity contribution in [1.29, 1.82) is 0 Å². The number of hydrogen-bond donors (Lipinski definition) is 1. The molecule has 0 saturated heterocycles. The minimum atomic E-state index is 0.0422. The van der Waals surface area contributed by atoms with Crippen molar-refractivity contribution in [2.45, 2.75) is 32.1 Å². The van der Waals surface area contributed by atoms with Gasteiger partial charge in [-0.05, 0) is 66.6 Å². The Bertz CT molecular complexity index is 754. The fourth-order valence-corrected chi connectivity index (χ4v) is 3.23. The van der Waals surface area contributed by atoms with Gasteiger partial charge in [0.15, 0.2) is 11.5 Å². The lowest BCUT2D eigenvalue weighted by molar-refractivity contribution is -0.116. The quantitative estimate of drug-likeness (QED) is 0.940. The third kappa shape index (κ3) is 3.02. The molecule has 118 valence electrons. The van der Waals surface area contributed by atoms with Crippen LogP contribution in [0.3, 0.4) is 0 Å². The molecule has 23 heavy (non-hydrogen) atoms. The second kappa shape index (κ2) is 5.95. The van der Waals surface area contributed by atoms with Crippen LogP contribution in [0.1, 0.15) is 29.5 Å². The maximum atomic E-state index is 12.2. The van der Waals surface area contributed by atoms with Gasteiger partial charge in [-0.1, -0.05) is 12.1 Å². The molecule has 0 aromatic heterocycles. The van der Waals surface area contributed by atoms with Gasteiger partial charge in [-0.25, -0.2) is 0 Å². The average molecular weight is 309 g/mol. The lowest BCUT2D eigenvalue weighted by Crippen LogP contribution is -2.12. The van der Waals surface area contributed by atoms with Crippen LogP contribution in [0.25, 0.3) is 0 Å². The summed E-state index contributed by atoms with van der Waals surface area (Å²) in [5.41, 5.74) is 4.78. The van der Waals surface area contributed by atoms with Gasteiger partial charge < -0.3 is 14.8 Å². The number of fused-ring (bicyclic) bond motifs is 2. The fraction of sp³-hybridized carbons (Fsp3) is 0.316. The van der Waals surface area contributed by atoms with Crippen molar-refractivity contribution < 1.29 is 14.3 Å². The van der Waals surface area contributed by atoms with Crippen LogP contribution in [0.15, 0.2) is 36.4 Å². The highest BCUT2D eigenvalue weighted by Crippen LogP contribution is 2.32. The summed E-state index contributed by atoms with van der Waals surface area (Å²) < 4.78 is 10.7. The summed E-state index contributed by atoms with van der Waals surface area (Å²) in [4.78, 5) is 12.2. The maximum Gasteiger partial charge on any atom is 0.231 e. The van der Waals surface area contributed by atoms with Gasteiger partial charge in [-0.15, -0.1) is 0 Å². The van der Waals surface area contributed by atoms with Crippen LogP contribution in [0.2, 0.25) is 0 Å². The molecule has 2 aromatic carbocycles. The molecular formula is C19H19NO3. The largest absolute Gasteiger partial charge is 0.454 e. The molecule has 1 N–H and O–H groups in total. The molecule has 2 aromatic rings. The standard InChI is InChI=1S/C19H19NO3/c21-19(20-16-7-6-14-2-1-3-15(14)11-16)9-5-13-4-8-17-18(10-13)23-12-22-17/h4,6-8,10-11H,1-3,5,9,12H2,(H,20,21). The van der Waals surface area contributed by atoms with Gasteiger partial charge in [0, 0.05) is 12.1 Å². The molecule has 0 fully saturated rings. The van der Waals surface area contributed by atoms with E-state index in [1.54, 1.807) is 0 Å². The van der Waals surface area contributed by atoms with Gasteiger partial charge in [0.25, 0.3) is 0 Å². The number of ether oxygens (including phenoxy) is 2. The Kier molecular flexibility index (Phi) is 3.66. The Morgan fingerprint density at radius 1 is 1.00 bits per heavy atom. The van der Waals surface area contributed by atoms with Crippen molar-refractivity contribution in [1.82, 2.24) is 0 Å². The highest BCUT2D eigenvalue weighted by atomic mass is 16.7. The molecule has 0 spiro atoms. The highest BCUT2D eigenvalue weighted by Gasteiger charge is 2.14. The summed E-state index contributed by atoms with van der Waals surface area (Å²) in [6, 6.07) is 12.1. The van der Waals surface area contributed by atoms with E-state index in [9.17, 15) is 4.79 Å². The first-order chi connectivity index (χ1) is 11.3. The number of carbonyl (C=O) groups excluding carboxylic acids is 1. The molecule has 1 aliphatic carbocycles. The molecule has 0 atom stereocenters. The van der Waals surface area contributed by atoms with Crippen molar-refractivity contribution in [3.05, 3.63) is 53.1 Å². The summed E-state index contributed by atoms with van der Waals surface area (Å²) in [5, 5.41) is 3.00. The molecular weight excluding hydrogens is 290 g/mol. The topological polar surface area (TPSA) is 47.6 Å². The number of hydrogen-bond acceptors (Lipinski definition) is 3. The molecule has 0 bridgehead atoms. The zero-order valence-electron chi connectivity index (χ0n) is 12.9. The summed E-state index contributed by atoms with van der Waals surface area (Å²) in [6.45, 7) is 0.275. The van der Waals surface area contributed by atoms with Gasteiger partial charge in [0.05, 0.1) is 0 Å². The van der Waals surface area contributed by atoms with E-state index < -0.39 is 0 Å². The number of amides is 1. The summed E-state index contributed by atoms with van der Waals surface area (Å²) in [6.07, 6.45) is 4.64. The normalized spacial score (nSPS) is 14.6. The summed E-state index contributed by atoms with van der Waals surface area (Å²) in [7, 11) is 0. The first-order valence-corrected chi connectivity index (χ1v) is 8.08. The molecule has 1 heterocycles. The van der Waals surface area contributed by atoms with Crippen molar-refractivity contribution in [3.63, 3.8) is 0 Å². The zero-order valence-corrected chi connectivity index (χ0v) is 12.9. The van der Waals surface area contributed by atoms with E-state index >= 15 is 0 Å². The second-order valence-corrected chi connectivity index (χ2v) is 6.07. The Morgan fingerprint density at radius 3 is 2.83 bits per heavy atom. The number of rotatable bonds is 4. The van der Waals surface area contributed by atoms with Crippen LogP contribution < -0.4 is 14.8 Å². The number of anilines is 1. The van der Waals surface area contributed by atoms with Crippen LogP contribution in [-0.2, 0) is 24.1 Å². The highest BCUT2D eigenvalue weighted by molar-refractivity contribution is 5.91. The lowest BCUT2D eigenvalue weighted by Gasteiger charge is -2.08.